The number of aryl methyl sites for hydroxylation is 1. The summed E-state index contributed by atoms with van der Waals surface area (Å²) in [4.78, 5) is 24.8. The molecule has 1 heterocycles. The molecule has 1 aliphatic heterocycles. The number of hydrazone groups is 1. The molecule has 5 nitrogen and oxygen atoms in total. The first-order valence-corrected chi connectivity index (χ1v) is 8.93. The maximum absolute atomic E-state index is 12.6. The summed E-state index contributed by atoms with van der Waals surface area (Å²) in [5.74, 6) is -0.332. The predicted molar refractivity (Wildman–Crippen MR) is 103 cm³/mol. The third-order valence-electron chi connectivity index (χ3n) is 4.53. The molecule has 0 fully saturated rings. The third kappa shape index (κ3) is 3.99. The van der Waals surface area contributed by atoms with E-state index in [0.717, 1.165) is 12.0 Å². The zero-order chi connectivity index (χ0) is 18.5. The molecule has 26 heavy (non-hydrogen) atoms. The molecule has 1 atom stereocenters. The van der Waals surface area contributed by atoms with Crippen LogP contribution in [0.1, 0.15) is 43.9 Å². The van der Waals surface area contributed by atoms with Crippen molar-refractivity contribution in [3.05, 3.63) is 65.7 Å². The van der Waals surface area contributed by atoms with Gasteiger partial charge >= 0.3 is 0 Å². The molecule has 134 valence electrons. The molecule has 1 N–H and O–H groups in total. The molecule has 1 aliphatic rings. The molecule has 0 aliphatic carbocycles. The highest BCUT2D eigenvalue weighted by Gasteiger charge is 2.26. The standard InChI is InChI=1S/C21H23N3O2/c1-3-16-9-11-17(12-10-16)15(2)22-21(26)19-13-14-20(25)24(23-19)18-7-5-4-6-8-18/h4-12,15H,3,13-14H2,1-2H3,(H,22,26). The van der Waals surface area contributed by atoms with E-state index in [1.807, 2.05) is 37.3 Å². The molecule has 0 bridgehead atoms. The van der Waals surface area contributed by atoms with Crippen molar-refractivity contribution < 1.29 is 9.59 Å². The van der Waals surface area contributed by atoms with E-state index in [9.17, 15) is 9.59 Å². The Balaban J connectivity index is 1.73. The van der Waals surface area contributed by atoms with Crippen LogP contribution in [0.15, 0.2) is 59.7 Å². The van der Waals surface area contributed by atoms with Crippen molar-refractivity contribution in [1.29, 1.82) is 0 Å². The van der Waals surface area contributed by atoms with E-state index < -0.39 is 0 Å². The highest BCUT2D eigenvalue weighted by atomic mass is 16.2. The number of nitrogens with zero attached hydrogens (tertiary/aromatic N) is 2. The molecular formula is C21H23N3O2. The second-order valence-corrected chi connectivity index (χ2v) is 6.38. The minimum atomic E-state index is -0.231. The summed E-state index contributed by atoms with van der Waals surface area (Å²) in [6.07, 6.45) is 1.62. The van der Waals surface area contributed by atoms with Crippen LogP contribution in [0.3, 0.4) is 0 Å². The van der Waals surface area contributed by atoms with Crippen LogP contribution >= 0.6 is 0 Å². The zero-order valence-electron chi connectivity index (χ0n) is 15.1. The molecule has 0 spiro atoms. The van der Waals surface area contributed by atoms with Gasteiger partial charge < -0.3 is 5.32 Å². The Morgan fingerprint density at radius 3 is 2.46 bits per heavy atom. The lowest BCUT2D eigenvalue weighted by atomic mass is 10.0. The fourth-order valence-corrected chi connectivity index (χ4v) is 2.89. The lowest BCUT2D eigenvalue weighted by Gasteiger charge is -2.24. The topological polar surface area (TPSA) is 61.8 Å². The first-order valence-electron chi connectivity index (χ1n) is 8.93. The average molecular weight is 349 g/mol. The minimum Gasteiger partial charge on any atom is -0.344 e. The number of amides is 2. The molecular weight excluding hydrogens is 326 g/mol. The first kappa shape index (κ1) is 17.9. The van der Waals surface area contributed by atoms with Gasteiger partial charge in [-0.15, -0.1) is 0 Å². The Morgan fingerprint density at radius 1 is 1.12 bits per heavy atom. The number of anilines is 1. The molecule has 2 aromatic carbocycles. The molecule has 3 rings (SSSR count). The van der Waals surface area contributed by atoms with E-state index in [1.165, 1.54) is 10.6 Å². The van der Waals surface area contributed by atoms with Gasteiger partial charge in [0.1, 0.15) is 5.71 Å². The molecule has 1 unspecified atom stereocenters. The Bertz CT molecular complexity index is 813. The number of benzene rings is 2. The van der Waals surface area contributed by atoms with E-state index in [1.54, 1.807) is 12.1 Å². The van der Waals surface area contributed by atoms with E-state index in [2.05, 4.69) is 29.5 Å². The zero-order valence-corrected chi connectivity index (χ0v) is 15.1. The van der Waals surface area contributed by atoms with Gasteiger partial charge in [0, 0.05) is 12.8 Å². The number of hydrogen-bond donors (Lipinski definition) is 1. The lowest BCUT2D eigenvalue weighted by molar-refractivity contribution is -0.119. The Labute approximate surface area is 153 Å². The van der Waals surface area contributed by atoms with Gasteiger partial charge in [0.2, 0.25) is 5.91 Å². The van der Waals surface area contributed by atoms with Crippen molar-refractivity contribution in [3.8, 4) is 0 Å². The van der Waals surface area contributed by atoms with Crippen LogP contribution in [0, 0.1) is 0 Å². The monoisotopic (exact) mass is 349 g/mol. The van der Waals surface area contributed by atoms with Gasteiger partial charge in [0.05, 0.1) is 11.7 Å². The molecule has 5 heteroatoms. The Kier molecular flexibility index (Phi) is 5.46. The molecule has 0 aromatic heterocycles. The van der Waals surface area contributed by atoms with Crippen molar-refractivity contribution in [2.75, 3.05) is 5.01 Å². The summed E-state index contributed by atoms with van der Waals surface area (Å²) in [6, 6.07) is 17.3. The third-order valence-corrected chi connectivity index (χ3v) is 4.53. The van der Waals surface area contributed by atoms with Gasteiger partial charge in [-0.25, -0.2) is 5.01 Å². The summed E-state index contributed by atoms with van der Waals surface area (Å²) >= 11 is 0. The van der Waals surface area contributed by atoms with Gasteiger partial charge in [-0.1, -0.05) is 49.4 Å². The normalized spacial score (nSPS) is 15.4. The summed E-state index contributed by atoms with van der Waals surface area (Å²) in [6.45, 7) is 4.06. The maximum Gasteiger partial charge on any atom is 0.267 e. The average Bonchev–Trinajstić information content (AvgIpc) is 2.69. The second-order valence-electron chi connectivity index (χ2n) is 6.38. The molecule has 0 radical (unpaired) electrons. The molecule has 0 saturated carbocycles. The number of carbonyl (C=O) groups excluding carboxylic acids is 2. The van der Waals surface area contributed by atoms with Gasteiger partial charge in [-0.3, -0.25) is 9.59 Å². The second kappa shape index (κ2) is 7.95. The van der Waals surface area contributed by atoms with Gasteiger partial charge in [-0.05, 0) is 36.6 Å². The van der Waals surface area contributed by atoms with Crippen LogP contribution in [-0.4, -0.2) is 17.5 Å². The van der Waals surface area contributed by atoms with Gasteiger partial charge in [0.15, 0.2) is 0 Å². The molecule has 0 saturated heterocycles. The van der Waals surface area contributed by atoms with Crippen LogP contribution in [0.25, 0.3) is 0 Å². The lowest BCUT2D eigenvalue weighted by Crippen LogP contribution is -2.39. The molecule has 2 amide bonds. The number of para-hydroxylation sites is 1. The smallest absolute Gasteiger partial charge is 0.267 e. The van der Waals surface area contributed by atoms with Crippen LogP contribution in [-0.2, 0) is 16.0 Å². The van der Waals surface area contributed by atoms with Crippen molar-refractivity contribution >= 4 is 23.2 Å². The van der Waals surface area contributed by atoms with Crippen molar-refractivity contribution in [1.82, 2.24) is 5.32 Å². The quantitative estimate of drug-likeness (QED) is 0.896. The number of rotatable bonds is 5. The summed E-state index contributed by atoms with van der Waals surface area (Å²) < 4.78 is 0. The summed E-state index contributed by atoms with van der Waals surface area (Å²) in [5, 5.41) is 8.60. The van der Waals surface area contributed by atoms with Gasteiger partial charge in [-0.2, -0.15) is 5.10 Å². The molecule has 2 aromatic rings. The summed E-state index contributed by atoms with van der Waals surface area (Å²) in [7, 11) is 0. The van der Waals surface area contributed by atoms with Crippen molar-refractivity contribution in [3.63, 3.8) is 0 Å². The maximum atomic E-state index is 12.6. The SMILES string of the molecule is CCc1ccc(C(C)NC(=O)C2=NN(c3ccccc3)C(=O)CC2)cc1. The number of hydrogen-bond acceptors (Lipinski definition) is 3. The van der Waals surface area contributed by atoms with Crippen LogP contribution in [0.2, 0.25) is 0 Å². The highest BCUT2D eigenvalue weighted by Crippen LogP contribution is 2.20. The van der Waals surface area contributed by atoms with E-state index in [0.29, 0.717) is 17.8 Å². The van der Waals surface area contributed by atoms with E-state index in [4.69, 9.17) is 0 Å². The van der Waals surface area contributed by atoms with Gasteiger partial charge in [0.25, 0.3) is 5.91 Å². The van der Waals surface area contributed by atoms with Crippen molar-refractivity contribution in [2.24, 2.45) is 5.10 Å². The van der Waals surface area contributed by atoms with Crippen LogP contribution < -0.4 is 10.3 Å². The largest absolute Gasteiger partial charge is 0.344 e. The first-order chi connectivity index (χ1) is 12.6. The number of carbonyl (C=O) groups is 2. The Hall–Kier alpha value is -2.95. The van der Waals surface area contributed by atoms with E-state index >= 15 is 0 Å². The van der Waals surface area contributed by atoms with Crippen LogP contribution in [0.4, 0.5) is 5.69 Å². The summed E-state index contributed by atoms with van der Waals surface area (Å²) in [5.41, 5.74) is 3.36. The predicted octanol–water partition coefficient (Wildman–Crippen LogP) is 3.61. The number of nitrogens with one attached hydrogen (secondary N) is 1. The van der Waals surface area contributed by atoms with Crippen LogP contribution in [0.5, 0.6) is 0 Å². The minimum absolute atomic E-state index is 0.101. The Morgan fingerprint density at radius 2 is 1.81 bits per heavy atom. The highest BCUT2D eigenvalue weighted by molar-refractivity contribution is 6.40. The van der Waals surface area contributed by atoms with Crippen molar-refractivity contribution in [2.45, 2.75) is 39.2 Å². The fourth-order valence-electron chi connectivity index (χ4n) is 2.89. The fraction of sp³-hybridized carbons (Fsp3) is 0.286. The van der Waals surface area contributed by atoms with E-state index in [-0.39, 0.29) is 24.3 Å².